The van der Waals surface area contributed by atoms with Gasteiger partial charge in [-0.2, -0.15) is 5.10 Å². The first-order chi connectivity index (χ1) is 13.5. The summed E-state index contributed by atoms with van der Waals surface area (Å²) in [6.45, 7) is 0. The molecule has 2 amide bonds. The number of hydrazone groups is 1. The standard InChI is InChI=1S/C21H16ClN3O3/c22-18-10-3-1-8-16(18)20(27)24-15-7-5-6-14(12-15)13-23-25-21(28)17-9-2-4-11-19(17)26/h1-13,26H,(H,24,27)(H,25,28)/b23-13+. The average molecular weight is 394 g/mol. The topological polar surface area (TPSA) is 90.8 Å². The number of amides is 2. The van der Waals surface area contributed by atoms with Gasteiger partial charge in [0, 0.05) is 5.69 Å². The molecule has 7 heteroatoms. The van der Waals surface area contributed by atoms with E-state index in [1.54, 1.807) is 60.7 Å². The summed E-state index contributed by atoms with van der Waals surface area (Å²) in [6.07, 6.45) is 1.43. The molecule has 0 aromatic heterocycles. The van der Waals surface area contributed by atoms with Crippen LogP contribution in [-0.2, 0) is 0 Å². The van der Waals surface area contributed by atoms with Crippen LogP contribution in [0.2, 0.25) is 5.02 Å². The van der Waals surface area contributed by atoms with Gasteiger partial charge in [0.05, 0.1) is 22.4 Å². The van der Waals surface area contributed by atoms with Crippen LogP contribution in [-0.4, -0.2) is 23.1 Å². The van der Waals surface area contributed by atoms with E-state index in [1.165, 1.54) is 18.3 Å². The number of nitrogens with one attached hydrogen (secondary N) is 2. The van der Waals surface area contributed by atoms with Crippen molar-refractivity contribution in [2.45, 2.75) is 0 Å². The van der Waals surface area contributed by atoms with Crippen LogP contribution in [0.1, 0.15) is 26.3 Å². The third-order valence-electron chi connectivity index (χ3n) is 3.79. The van der Waals surface area contributed by atoms with Crippen molar-refractivity contribution < 1.29 is 14.7 Å². The minimum Gasteiger partial charge on any atom is -0.507 e. The maximum absolute atomic E-state index is 12.3. The van der Waals surface area contributed by atoms with Crippen LogP contribution in [0, 0.1) is 0 Å². The summed E-state index contributed by atoms with van der Waals surface area (Å²) >= 11 is 6.04. The molecular formula is C21H16ClN3O3. The molecule has 0 aliphatic rings. The van der Waals surface area contributed by atoms with E-state index in [0.29, 0.717) is 21.8 Å². The first kappa shape index (κ1) is 19.1. The summed E-state index contributed by atoms with van der Waals surface area (Å²) in [7, 11) is 0. The zero-order valence-corrected chi connectivity index (χ0v) is 15.4. The number of hydrogen-bond acceptors (Lipinski definition) is 4. The number of hydrogen-bond donors (Lipinski definition) is 3. The Morgan fingerprint density at radius 3 is 2.36 bits per heavy atom. The minimum absolute atomic E-state index is 0.125. The van der Waals surface area contributed by atoms with Gasteiger partial charge in [0.25, 0.3) is 11.8 Å². The van der Waals surface area contributed by atoms with Gasteiger partial charge in [-0.3, -0.25) is 9.59 Å². The molecule has 0 aliphatic heterocycles. The number of aromatic hydroxyl groups is 1. The molecule has 0 radical (unpaired) electrons. The maximum atomic E-state index is 12.3. The van der Waals surface area contributed by atoms with Gasteiger partial charge in [-0.05, 0) is 42.0 Å². The number of phenols is 1. The fourth-order valence-electron chi connectivity index (χ4n) is 2.43. The number of rotatable bonds is 5. The van der Waals surface area contributed by atoms with Gasteiger partial charge >= 0.3 is 0 Å². The number of carbonyl (C=O) groups is 2. The van der Waals surface area contributed by atoms with Crippen LogP contribution in [0.25, 0.3) is 0 Å². The average Bonchev–Trinajstić information content (AvgIpc) is 2.69. The second kappa shape index (κ2) is 8.83. The molecule has 0 aliphatic carbocycles. The molecule has 3 N–H and O–H groups in total. The van der Waals surface area contributed by atoms with Gasteiger partial charge in [-0.25, -0.2) is 5.43 Å². The Kier molecular flexibility index (Phi) is 6.04. The van der Waals surface area contributed by atoms with Crippen molar-refractivity contribution in [3.05, 3.63) is 94.5 Å². The van der Waals surface area contributed by atoms with Crippen molar-refractivity contribution in [2.75, 3.05) is 5.32 Å². The number of nitrogens with zero attached hydrogens (tertiary/aromatic N) is 1. The number of anilines is 1. The molecule has 0 atom stereocenters. The van der Waals surface area contributed by atoms with Gasteiger partial charge in [0.2, 0.25) is 0 Å². The summed E-state index contributed by atoms with van der Waals surface area (Å²) < 4.78 is 0. The van der Waals surface area contributed by atoms with Crippen molar-refractivity contribution in [1.82, 2.24) is 5.43 Å². The van der Waals surface area contributed by atoms with E-state index < -0.39 is 5.91 Å². The highest BCUT2D eigenvalue weighted by molar-refractivity contribution is 6.34. The molecule has 140 valence electrons. The van der Waals surface area contributed by atoms with Crippen LogP contribution < -0.4 is 10.7 Å². The van der Waals surface area contributed by atoms with E-state index in [2.05, 4.69) is 15.8 Å². The smallest absolute Gasteiger partial charge is 0.275 e. The fourth-order valence-corrected chi connectivity index (χ4v) is 2.65. The molecule has 6 nitrogen and oxygen atoms in total. The molecule has 0 spiro atoms. The summed E-state index contributed by atoms with van der Waals surface area (Å²) in [6, 6.07) is 19.9. The number of phenolic OH excluding ortho intramolecular Hbond substituents is 1. The molecule has 3 rings (SSSR count). The van der Waals surface area contributed by atoms with E-state index in [4.69, 9.17) is 11.6 Å². The van der Waals surface area contributed by atoms with Crippen molar-refractivity contribution in [2.24, 2.45) is 5.10 Å². The number of halogens is 1. The lowest BCUT2D eigenvalue weighted by Gasteiger charge is -2.07. The lowest BCUT2D eigenvalue weighted by Crippen LogP contribution is -2.17. The molecule has 0 fully saturated rings. The molecule has 0 saturated heterocycles. The Balaban J connectivity index is 1.66. The number of benzene rings is 3. The predicted molar refractivity (Wildman–Crippen MR) is 109 cm³/mol. The lowest BCUT2D eigenvalue weighted by atomic mass is 10.2. The highest BCUT2D eigenvalue weighted by Gasteiger charge is 2.10. The largest absolute Gasteiger partial charge is 0.507 e. The number of para-hydroxylation sites is 1. The van der Waals surface area contributed by atoms with E-state index in [1.807, 2.05) is 0 Å². The maximum Gasteiger partial charge on any atom is 0.275 e. The lowest BCUT2D eigenvalue weighted by molar-refractivity contribution is 0.0951. The monoisotopic (exact) mass is 393 g/mol. The van der Waals surface area contributed by atoms with Crippen molar-refractivity contribution in [3.8, 4) is 5.75 Å². The molecule has 0 bridgehead atoms. The Hall–Kier alpha value is -3.64. The summed E-state index contributed by atoms with van der Waals surface area (Å²) in [5.74, 6) is -0.982. The van der Waals surface area contributed by atoms with E-state index >= 15 is 0 Å². The predicted octanol–water partition coefficient (Wildman–Crippen LogP) is 4.06. The quantitative estimate of drug-likeness (QED) is 0.451. The van der Waals surface area contributed by atoms with Gasteiger partial charge in [0.1, 0.15) is 5.75 Å². The molecule has 0 unspecified atom stereocenters. The highest BCUT2D eigenvalue weighted by atomic mass is 35.5. The van der Waals surface area contributed by atoms with E-state index in [9.17, 15) is 14.7 Å². The minimum atomic E-state index is -0.530. The highest BCUT2D eigenvalue weighted by Crippen LogP contribution is 2.18. The van der Waals surface area contributed by atoms with Crippen LogP contribution >= 0.6 is 11.6 Å². The normalized spacial score (nSPS) is 10.6. The summed E-state index contributed by atoms with van der Waals surface area (Å²) in [4.78, 5) is 24.3. The van der Waals surface area contributed by atoms with Crippen LogP contribution in [0.4, 0.5) is 5.69 Å². The molecule has 0 saturated carbocycles. The fraction of sp³-hybridized carbons (Fsp3) is 0. The van der Waals surface area contributed by atoms with Gasteiger partial charge in [0.15, 0.2) is 0 Å². The molecule has 3 aromatic rings. The molecule has 3 aromatic carbocycles. The Labute approximate surface area is 166 Å². The summed E-state index contributed by atoms with van der Waals surface area (Å²) in [5.41, 5.74) is 4.06. The first-order valence-electron chi connectivity index (χ1n) is 8.32. The second-order valence-electron chi connectivity index (χ2n) is 5.78. The number of carbonyl (C=O) groups excluding carboxylic acids is 2. The zero-order chi connectivity index (χ0) is 19.9. The third kappa shape index (κ3) is 4.75. The first-order valence-corrected chi connectivity index (χ1v) is 8.70. The van der Waals surface area contributed by atoms with E-state index in [0.717, 1.165) is 0 Å². The van der Waals surface area contributed by atoms with Crippen molar-refractivity contribution >= 4 is 35.3 Å². The molecule has 0 heterocycles. The van der Waals surface area contributed by atoms with Crippen LogP contribution in [0.3, 0.4) is 0 Å². The molecular weight excluding hydrogens is 378 g/mol. The van der Waals surface area contributed by atoms with Crippen molar-refractivity contribution in [3.63, 3.8) is 0 Å². The Bertz CT molecular complexity index is 1050. The van der Waals surface area contributed by atoms with Crippen molar-refractivity contribution in [1.29, 1.82) is 0 Å². The third-order valence-corrected chi connectivity index (χ3v) is 4.12. The van der Waals surface area contributed by atoms with Gasteiger partial charge in [-0.15, -0.1) is 0 Å². The van der Waals surface area contributed by atoms with E-state index in [-0.39, 0.29) is 17.2 Å². The van der Waals surface area contributed by atoms with Gasteiger partial charge < -0.3 is 10.4 Å². The SMILES string of the molecule is O=C(N/N=C/c1cccc(NC(=O)c2ccccc2Cl)c1)c1ccccc1O. The summed E-state index contributed by atoms with van der Waals surface area (Å²) in [5, 5.41) is 16.7. The Morgan fingerprint density at radius 1 is 0.893 bits per heavy atom. The molecule has 28 heavy (non-hydrogen) atoms. The zero-order valence-electron chi connectivity index (χ0n) is 14.6. The second-order valence-corrected chi connectivity index (χ2v) is 6.18. The van der Waals surface area contributed by atoms with Crippen LogP contribution in [0.15, 0.2) is 77.9 Å². The Morgan fingerprint density at radius 2 is 1.61 bits per heavy atom. The van der Waals surface area contributed by atoms with Gasteiger partial charge in [-0.1, -0.05) is 48.0 Å². The van der Waals surface area contributed by atoms with Crippen LogP contribution in [0.5, 0.6) is 5.75 Å².